The summed E-state index contributed by atoms with van der Waals surface area (Å²) in [6.45, 7) is 5.23. The Bertz CT molecular complexity index is 459. The first-order valence-electron chi connectivity index (χ1n) is 5.86. The van der Waals surface area contributed by atoms with Gasteiger partial charge in [0, 0.05) is 18.6 Å². The molecule has 0 radical (unpaired) electrons. The number of rotatable bonds is 2. The fraction of sp³-hybridized carbons (Fsp3) is 0.462. The topological polar surface area (TPSA) is 23.6 Å². The van der Waals surface area contributed by atoms with Crippen LogP contribution in [0, 0.1) is 6.92 Å². The summed E-state index contributed by atoms with van der Waals surface area (Å²) in [6.07, 6.45) is 0.955. The number of nitrogens with zero attached hydrogens (tertiary/aromatic N) is 2. The Kier molecular flexibility index (Phi) is 3.29. The van der Waals surface area contributed by atoms with Crippen molar-refractivity contribution in [3.8, 4) is 0 Å². The van der Waals surface area contributed by atoms with Gasteiger partial charge in [0.25, 0.3) is 0 Å². The van der Waals surface area contributed by atoms with Gasteiger partial charge in [0.05, 0.1) is 17.9 Å². The SMILES string of the molecule is CCCN1C(=O)CN(C)c2cc(Cl)c(C)cc21. The number of benzene rings is 1. The third-order valence-corrected chi connectivity index (χ3v) is 3.49. The summed E-state index contributed by atoms with van der Waals surface area (Å²) in [5.41, 5.74) is 3.02. The lowest BCUT2D eigenvalue weighted by Crippen LogP contribution is -2.44. The van der Waals surface area contributed by atoms with Crippen molar-refractivity contribution in [2.24, 2.45) is 0 Å². The summed E-state index contributed by atoms with van der Waals surface area (Å²) in [5, 5.41) is 0.751. The van der Waals surface area contributed by atoms with E-state index < -0.39 is 0 Å². The second-order valence-electron chi connectivity index (χ2n) is 4.49. The molecule has 1 aliphatic heterocycles. The third kappa shape index (κ3) is 2.12. The number of anilines is 2. The monoisotopic (exact) mass is 252 g/mol. The highest BCUT2D eigenvalue weighted by atomic mass is 35.5. The maximum absolute atomic E-state index is 12.0. The fourth-order valence-corrected chi connectivity index (χ4v) is 2.31. The molecular formula is C13H17ClN2O. The lowest BCUT2D eigenvalue weighted by atomic mass is 10.1. The van der Waals surface area contributed by atoms with E-state index in [4.69, 9.17) is 11.6 Å². The van der Waals surface area contributed by atoms with Gasteiger partial charge in [-0.1, -0.05) is 18.5 Å². The van der Waals surface area contributed by atoms with Gasteiger partial charge in [0.1, 0.15) is 0 Å². The molecule has 1 aliphatic rings. The highest BCUT2D eigenvalue weighted by molar-refractivity contribution is 6.32. The van der Waals surface area contributed by atoms with E-state index in [1.807, 2.05) is 35.9 Å². The smallest absolute Gasteiger partial charge is 0.246 e. The number of carbonyl (C=O) groups excluding carboxylic acids is 1. The average molecular weight is 253 g/mol. The van der Waals surface area contributed by atoms with Crippen LogP contribution in [0.25, 0.3) is 0 Å². The van der Waals surface area contributed by atoms with Crippen molar-refractivity contribution >= 4 is 28.9 Å². The van der Waals surface area contributed by atoms with Gasteiger partial charge in [-0.25, -0.2) is 0 Å². The van der Waals surface area contributed by atoms with E-state index in [0.29, 0.717) is 6.54 Å². The zero-order valence-electron chi connectivity index (χ0n) is 10.5. The number of amides is 1. The minimum absolute atomic E-state index is 0.156. The van der Waals surface area contributed by atoms with E-state index in [2.05, 4.69) is 6.92 Å². The summed E-state index contributed by atoms with van der Waals surface area (Å²) in [7, 11) is 1.92. The molecular weight excluding hydrogens is 236 g/mol. The Morgan fingerprint density at radius 3 is 2.71 bits per heavy atom. The van der Waals surface area contributed by atoms with Gasteiger partial charge in [-0.05, 0) is 31.0 Å². The predicted octanol–water partition coefficient (Wildman–Crippen LogP) is 2.84. The molecule has 92 valence electrons. The van der Waals surface area contributed by atoms with E-state index in [-0.39, 0.29) is 5.91 Å². The molecule has 0 unspecified atom stereocenters. The average Bonchev–Trinajstić information content (AvgIpc) is 2.27. The molecule has 1 aromatic carbocycles. The van der Waals surface area contributed by atoms with E-state index >= 15 is 0 Å². The molecule has 0 bridgehead atoms. The standard InChI is InChI=1S/C13H17ClN2O/c1-4-5-16-12-6-9(2)10(14)7-11(12)15(3)8-13(16)17/h6-7H,4-5,8H2,1-3H3. The van der Waals surface area contributed by atoms with Crippen molar-refractivity contribution in [2.75, 3.05) is 29.9 Å². The molecule has 1 heterocycles. The van der Waals surface area contributed by atoms with Crippen LogP contribution in [0.5, 0.6) is 0 Å². The van der Waals surface area contributed by atoms with Crippen molar-refractivity contribution in [1.29, 1.82) is 0 Å². The van der Waals surface area contributed by atoms with Crippen molar-refractivity contribution in [3.05, 3.63) is 22.7 Å². The molecule has 3 nitrogen and oxygen atoms in total. The van der Waals surface area contributed by atoms with Gasteiger partial charge in [-0.15, -0.1) is 0 Å². The highest BCUT2D eigenvalue weighted by Gasteiger charge is 2.27. The van der Waals surface area contributed by atoms with Gasteiger partial charge in [0.15, 0.2) is 0 Å². The van der Waals surface area contributed by atoms with E-state index in [1.54, 1.807) is 0 Å². The zero-order chi connectivity index (χ0) is 12.6. The van der Waals surface area contributed by atoms with Crippen LogP contribution in [0.4, 0.5) is 11.4 Å². The first kappa shape index (κ1) is 12.2. The number of hydrogen-bond donors (Lipinski definition) is 0. The molecule has 1 amide bonds. The molecule has 0 spiro atoms. The Morgan fingerprint density at radius 2 is 2.06 bits per heavy atom. The van der Waals surface area contributed by atoms with Gasteiger partial charge in [-0.2, -0.15) is 0 Å². The van der Waals surface area contributed by atoms with Gasteiger partial charge in [0.2, 0.25) is 5.91 Å². The normalized spacial score (nSPS) is 15.2. The Hall–Kier alpha value is -1.22. The summed E-state index contributed by atoms with van der Waals surface area (Å²) in [6, 6.07) is 3.95. The van der Waals surface area contributed by atoms with E-state index in [0.717, 1.165) is 34.9 Å². The highest BCUT2D eigenvalue weighted by Crippen LogP contribution is 2.36. The summed E-state index contributed by atoms with van der Waals surface area (Å²) in [4.78, 5) is 15.8. The second-order valence-corrected chi connectivity index (χ2v) is 4.90. The Balaban J connectivity index is 2.53. The zero-order valence-corrected chi connectivity index (χ0v) is 11.2. The quantitative estimate of drug-likeness (QED) is 0.808. The van der Waals surface area contributed by atoms with Gasteiger partial charge < -0.3 is 9.80 Å². The maximum Gasteiger partial charge on any atom is 0.246 e. The Morgan fingerprint density at radius 1 is 1.35 bits per heavy atom. The Labute approximate surface area is 107 Å². The molecule has 2 rings (SSSR count). The van der Waals surface area contributed by atoms with Crippen LogP contribution >= 0.6 is 11.6 Å². The molecule has 0 aliphatic carbocycles. The fourth-order valence-electron chi connectivity index (χ4n) is 2.15. The minimum atomic E-state index is 0.156. The number of hydrogen-bond acceptors (Lipinski definition) is 2. The lowest BCUT2D eigenvalue weighted by Gasteiger charge is -2.35. The molecule has 0 N–H and O–H groups in total. The summed E-state index contributed by atoms with van der Waals surface area (Å²) in [5.74, 6) is 0.156. The van der Waals surface area contributed by atoms with Crippen LogP contribution in [0.15, 0.2) is 12.1 Å². The van der Waals surface area contributed by atoms with Crippen LogP contribution in [0.1, 0.15) is 18.9 Å². The molecule has 0 aromatic heterocycles. The van der Waals surface area contributed by atoms with Gasteiger partial charge in [-0.3, -0.25) is 4.79 Å². The molecule has 4 heteroatoms. The van der Waals surface area contributed by atoms with Gasteiger partial charge >= 0.3 is 0 Å². The lowest BCUT2D eigenvalue weighted by molar-refractivity contribution is -0.117. The maximum atomic E-state index is 12.0. The summed E-state index contributed by atoms with van der Waals surface area (Å²) < 4.78 is 0. The van der Waals surface area contributed by atoms with Crippen molar-refractivity contribution in [3.63, 3.8) is 0 Å². The third-order valence-electron chi connectivity index (χ3n) is 3.08. The molecule has 0 atom stereocenters. The predicted molar refractivity (Wildman–Crippen MR) is 72.1 cm³/mol. The number of likely N-dealkylation sites (N-methyl/N-ethyl adjacent to an activating group) is 1. The van der Waals surface area contributed by atoms with Crippen molar-refractivity contribution in [2.45, 2.75) is 20.3 Å². The minimum Gasteiger partial charge on any atom is -0.364 e. The van der Waals surface area contributed by atoms with Crippen LogP contribution in [0.3, 0.4) is 0 Å². The van der Waals surface area contributed by atoms with Crippen LogP contribution < -0.4 is 9.80 Å². The first-order chi connectivity index (χ1) is 8.04. The molecule has 17 heavy (non-hydrogen) atoms. The number of aryl methyl sites for hydroxylation is 1. The molecule has 0 fully saturated rings. The number of fused-ring (bicyclic) bond motifs is 1. The van der Waals surface area contributed by atoms with E-state index in [1.165, 1.54) is 0 Å². The van der Waals surface area contributed by atoms with E-state index in [9.17, 15) is 4.79 Å². The molecule has 1 aromatic rings. The van der Waals surface area contributed by atoms with Crippen LogP contribution in [-0.4, -0.2) is 26.0 Å². The number of carbonyl (C=O) groups is 1. The summed E-state index contributed by atoms with van der Waals surface area (Å²) >= 11 is 6.14. The van der Waals surface area contributed by atoms with Crippen LogP contribution in [0.2, 0.25) is 5.02 Å². The number of halogens is 1. The van der Waals surface area contributed by atoms with Crippen molar-refractivity contribution < 1.29 is 4.79 Å². The molecule has 0 saturated heterocycles. The van der Waals surface area contributed by atoms with Crippen LogP contribution in [-0.2, 0) is 4.79 Å². The first-order valence-corrected chi connectivity index (χ1v) is 6.24. The molecule has 0 saturated carbocycles. The largest absolute Gasteiger partial charge is 0.364 e. The van der Waals surface area contributed by atoms with Crippen molar-refractivity contribution in [1.82, 2.24) is 0 Å². The second kappa shape index (κ2) is 4.57.